The lowest BCUT2D eigenvalue weighted by molar-refractivity contribution is 0.177. The smallest absolute Gasteiger partial charge is 0.0673 e. The average molecular weight is 254 g/mol. The van der Waals surface area contributed by atoms with E-state index >= 15 is 0 Å². The molecule has 1 heterocycles. The lowest BCUT2D eigenvalue weighted by Crippen LogP contribution is -2.45. The summed E-state index contributed by atoms with van der Waals surface area (Å²) in [4.78, 5) is 2.61. The maximum absolute atomic E-state index is 5.20. The third kappa shape index (κ3) is 5.51. The molecule has 106 valence electrons. The molecule has 1 aliphatic rings. The van der Waals surface area contributed by atoms with E-state index in [-0.39, 0.29) is 0 Å². The molecule has 1 N–H and O–H groups in total. The van der Waals surface area contributed by atoms with Crippen molar-refractivity contribution < 1.29 is 4.74 Å². The molecule has 3 nitrogen and oxygen atoms in total. The first kappa shape index (κ1) is 15.7. The van der Waals surface area contributed by atoms with E-state index in [4.69, 9.17) is 4.74 Å². The molecule has 0 radical (unpaired) electrons. The van der Waals surface area contributed by atoms with Crippen LogP contribution in [0.25, 0.3) is 0 Å². The number of hydrogen-bond acceptors (Lipinski definition) is 3. The molecule has 1 aliphatic heterocycles. The molecule has 0 bridgehead atoms. The second-order valence-corrected chi connectivity index (χ2v) is 5.55. The zero-order valence-electron chi connectivity index (χ0n) is 12.5. The van der Waals surface area contributed by atoms with Crippen molar-refractivity contribution >= 4 is 0 Å². The van der Waals surface area contributed by atoms with Gasteiger partial charge in [0.25, 0.3) is 0 Å². The molecule has 0 fully saturated rings. The van der Waals surface area contributed by atoms with Crippen molar-refractivity contribution in [2.75, 3.05) is 33.4 Å². The monoisotopic (exact) mass is 254 g/mol. The van der Waals surface area contributed by atoms with Crippen LogP contribution >= 0.6 is 0 Å². The van der Waals surface area contributed by atoms with E-state index in [2.05, 4.69) is 37.1 Å². The van der Waals surface area contributed by atoms with Crippen molar-refractivity contribution in [1.29, 1.82) is 0 Å². The fraction of sp³-hybridized carbons (Fsp3) is 0.867. The van der Waals surface area contributed by atoms with Gasteiger partial charge in [0.2, 0.25) is 0 Å². The fourth-order valence-electron chi connectivity index (χ4n) is 2.49. The second-order valence-electron chi connectivity index (χ2n) is 5.55. The molecule has 0 amide bonds. The van der Waals surface area contributed by atoms with E-state index in [9.17, 15) is 0 Å². The van der Waals surface area contributed by atoms with Gasteiger partial charge < -0.3 is 10.1 Å². The highest BCUT2D eigenvalue weighted by Crippen LogP contribution is 2.16. The first-order chi connectivity index (χ1) is 8.67. The van der Waals surface area contributed by atoms with E-state index < -0.39 is 0 Å². The summed E-state index contributed by atoms with van der Waals surface area (Å²) >= 11 is 0. The van der Waals surface area contributed by atoms with Gasteiger partial charge >= 0.3 is 0 Å². The van der Waals surface area contributed by atoms with E-state index in [1.165, 1.54) is 25.0 Å². The molecule has 0 saturated heterocycles. The van der Waals surface area contributed by atoms with Gasteiger partial charge in [-0.25, -0.2) is 0 Å². The number of hydrogen-bond donors (Lipinski definition) is 1. The van der Waals surface area contributed by atoms with Crippen LogP contribution in [-0.4, -0.2) is 50.3 Å². The summed E-state index contributed by atoms with van der Waals surface area (Å²) < 4.78 is 5.20. The van der Waals surface area contributed by atoms with Crippen molar-refractivity contribution in [2.45, 2.75) is 52.1 Å². The Labute approximate surface area is 113 Å². The molecule has 0 saturated carbocycles. The third-order valence-electron chi connectivity index (χ3n) is 3.56. The Morgan fingerprint density at radius 2 is 2.22 bits per heavy atom. The molecule has 0 aliphatic carbocycles. The fourth-order valence-corrected chi connectivity index (χ4v) is 2.49. The molecule has 0 aromatic heterocycles. The number of ether oxygens (including phenoxy) is 1. The molecule has 3 heteroatoms. The van der Waals surface area contributed by atoms with Gasteiger partial charge in [0.15, 0.2) is 0 Å². The lowest BCUT2D eigenvalue weighted by Gasteiger charge is -2.34. The van der Waals surface area contributed by atoms with Crippen LogP contribution in [-0.2, 0) is 4.74 Å². The SMILES string of the molecule is CCCC(CNC(C)C)N1CC=C(COC)CC1. The Morgan fingerprint density at radius 3 is 2.72 bits per heavy atom. The quantitative estimate of drug-likeness (QED) is 0.673. The molecule has 1 atom stereocenters. The largest absolute Gasteiger partial charge is 0.380 e. The highest BCUT2D eigenvalue weighted by atomic mass is 16.5. The molecule has 18 heavy (non-hydrogen) atoms. The first-order valence-corrected chi connectivity index (χ1v) is 7.31. The molecule has 0 aromatic rings. The van der Waals surface area contributed by atoms with E-state index in [0.29, 0.717) is 12.1 Å². The van der Waals surface area contributed by atoms with Gasteiger partial charge in [-0.3, -0.25) is 4.90 Å². The first-order valence-electron chi connectivity index (χ1n) is 7.31. The Bertz CT molecular complexity index is 251. The normalized spacial score (nSPS) is 19.1. The van der Waals surface area contributed by atoms with Crippen LogP contribution in [0, 0.1) is 0 Å². The Hall–Kier alpha value is -0.380. The number of rotatable bonds is 8. The molecular formula is C15H30N2O. The predicted octanol–water partition coefficient (Wildman–Crippen LogP) is 2.43. The summed E-state index contributed by atoms with van der Waals surface area (Å²) in [6.45, 7) is 10.9. The summed E-state index contributed by atoms with van der Waals surface area (Å²) in [5.74, 6) is 0. The molecule has 1 rings (SSSR count). The predicted molar refractivity (Wildman–Crippen MR) is 78.0 cm³/mol. The van der Waals surface area contributed by atoms with Crippen LogP contribution in [0.3, 0.4) is 0 Å². The molecular weight excluding hydrogens is 224 g/mol. The van der Waals surface area contributed by atoms with Gasteiger partial charge in [-0.1, -0.05) is 33.3 Å². The minimum absolute atomic E-state index is 0.578. The van der Waals surface area contributed by atoms with Crippen molar-refractivity contribution in [2.24, 2.45) is 0 Å². The van der Waals surface area contributed by atoms with Gasteiger partial charge in [-0.15, -0.1) is 0 Å². The number of nitrogens with zero attached hydrogens (tertiary/aromatic N) is 1. The molecule has 0 spiro atoms. The third-order valence-corrected chi connectivity index (χ3v) is 3.56. The van der Waals surface area contributed by atoms with Crippen molar-refractivity contribution in [3.05, 3.63) is 11.6 Å². The summed E-state index contributed by atoms with van der Waals surface area (Å²) in [5, 5.41) is 3.58. The van der Waals surface area contributed by atoms with Crippen LogP contribution < -0.4 is 5.32 Å². The minimum atomic E-state index is 0.578. The zero-order valence-corrected chi connectivity index (χ0v) is 12.5. The molecule has 0 aromatic carbocycles. The van der Waals surface area contributed by atoms with Gasteiger partial charge in [-0.05, 0) is 18.4 Å². The van der Waals surface area contributed by atoms with E-state index in [1.54, 1.807) is 7.11 Å². The molecule has 1 unspecified atom stereocenters. The Kier molecular flexibility index (Phi) is 7.56. The maximum Gasteiger partial charge on any atom is 0.0673 e. The Morgan fingerprint density at radius 1 is 1.44 bits per heavy atom. The highest BCUT2D eigenvalue weighted by Gasteiger charge is 2.20. The Balaban J connectivity index is 2.44. The van der Waals surface area contributed by atoms with Crippen LogP contribution in [0.4, 0.5) is 0 Å². The summed E-state index contributed by atoms with van der Waals surface area (Å²) in [6, 6.07) is 1.26. The van der Waals surface area contributed by atoms with Crippen molar-refractivity contribution in [3.63, 3.8) is 0 Å². The summed E-state index contributed by atoms with van der Waals surface area (Å²) in [7, 11) is 1.78. The lowest BCUT2D eigenvalue weighted by atomic mass is 10.0. The second kappa shape index (κ2) is 8.68. The van der Waals surface area contributed by atoms with E-state index in [1.807, 2.05) is 0 Å². The minimum Gasteiger partial charge on any atom is -0.380 e. The van der Waals surface area contributed by atoms with Gasteiger partial charge in [0.05, 0.1) is 6.61 Å². The maximum atomic E-state index is 5.20. The van der Waals surface area contributed by atoms with Crippen molar-refractivity contribution in [3.8, 4) is 0 Å². The van der Waals surface area contributed by atoms with Gasteiger partial charge in [0.1, 0.15) is 0 Å². The van der Waals surface area contributed by atoms with E-state index in [0.717, 1.165) is 26.1 Å². The highest BCUT2D eigenvalue weighted by molar-refractivity contribution is 5.08. The van der Waals surface area contributed by atoms with Crippen LogP contribution in [0.5, 0.6) is 0 Å². The number of nitrogens with one attached hydrogen (secondary N) is 1. The van der Waals surface area contributed by atoms with Gasteiger partial charge in [0, 0.05) is 38.8 Å². The number of methoxy groups -OCH3 is 1. The van der Waals surface area contributed by atoms with Crippen LogP contribution in [0.2, 0.25) is 0 Å². The zero-order chi connectivity index (χ0) is 13.4. The topological polar surface area (TPSA) is 24.5 Å². The standard InChI is InChI=1S/C15H30N2O/c1-5-6-15(11-16-13(2)3)17-9-7-14(8-10-17)12-18-4/h7,13,15-16H,5-6,8-12H2,1-4H3. The average Bonchev–Trinajstić information content (AvgIpc) is 2.36. The summed E-state index contributed by atoms with van der Waals surface area (Å²) in [5.41, 5.74) is 1.46. The van der Waals surface area contributed by atoms with Crippen LogP contribution in [0.15, 0.2) is 11.6 Å². The van der Waals surface area contributed by atoms with Gasteiger partial charge in [-0.2, -0.15) is 0 Å². The van der Waals surface area contributed by atoms with Crippen LogP contribution in [0.1, 0.15) is 40.0 Å². The summed E-state index contributed by atoms with van der Waals surface area (Å²) in [6.07, 6.45) is 6.06. The van der Waals surface area contributed by atoms with Crippen molar-refractivity contribution in [1.82, 2.24) is 10.2 Å².